The quantitative estimate of drug-likeness (QED) is 0.133. The van der Waals surface area contributed by atoms with Crippen molar-refractivity contribution in [3.05, 3.63) is 373 Å². The highest BCUT2D eigenvalue weighted by atomic mass is 32.1. The van der Waals surface area contributed by atoms with E-state index in [2.05, 4.69) is 381 Å². The Balaban J connectivity index is 0.0000000877. The number of fused-ring (bicyclic) bond motifs is 31. The molecule has 0 amide bonds. The van der Waals surface area contributed by atoms with E-state index in [0.29, 0.717) is 0 Å². The first-order valence-electron chi connectivity index (χ1n) is 38.3. The van der Waals surface area contributed by atoms with Crippen LogP contribution in [0.15, 0.2) is 340 Å². The standard InChI is InChI=1S/C21H14S.5C17H12S/c1-13-7-6-12-18-19-16-10-4-2-8-14(16)15-9-3-5-11-17(15)21(19)22-20(13)18;1-11-5-4-8-14-15-9-12-6-2-3-7-13(12)10-16(15)18-17(11)14;1-11-5-4-8-14-16-13-7-3-2-6-12(13)9-10-15(16)18-17(11)14;1-11-5-4-8-14-15-10-9-12-6-2-3-7-13(12)17(15)18-16(11)14;1-11-13-7-3-2-6-12(13)10-15-14-8-4-5-9-16(14)18-17(11)15;1-11-10-12-6-2-3-7-13(12)16-14-8-4-5-9-15(14)18-17(11)16/h2-12H,1H3;5*2-10H,1H3. The molecule has 19 aromatic carbocycles. The molecule has 0 aliphatic rings. The monoisotopic (exact) mass is 1540 g/mol. The summed E-state index contributed by atoms with van der Waals surface area (Å²) in [6, 6.07) is 123. The van der Waals surface area contributed by atoms with Crippen LogP contribution in [0.25, 0.3) is 196 Å². The van der Waals surface area contributed by atoms with E-state index in [0.717, 1.165) is 0 Å². The van der Waals surface area contributed by atoms with Gasteiger partial charge in [0.05, 0.1) is 0 Å². The third kappa shape index (κ3) is 12.1. The van der Waals surface area contributed by atoms with Gasteiger partial charge in [-0.2, -0.15) is 0 Å². The average molecular weight is 1540 g/mol. The van der Waals surface area contributed by atoms with Gasteiger partial charge in [0.15, 0.2) is 0 Å². The molecule has 6 heteroatoms. The van der Waals surface area contributed by atoms with Gasteiger partial charge in [0.1, 0.15) is 0 Å². The van der Waals surface area contributed by atoms with Crippen molar-refractivity contribution in [2.75, 3.05) is 0 Å². The van der Waals surface area contributed by atoms with Gasteiger partial charge in [-0.05, 0) is 187 Å². The Morgan fingerprint density at radius 3 is 1.17 bits per heavy atom. The lowest BCUT2D eigenvalue weighted by atomic mass is 9.97. The molecule has 6 heterocycles. The van der Waals surface area contributed by atoms with E-state index < -0.39 is 0 Å². The molecule has 0 aliphatic carbocycles. The summed E-state index contributed by atoms with van der Waals surface area (Å²) in [7, 11) is 0. The number of benzene rings is 19. The van der Waals surface area contributed by atoms with Crippen molar-refractivity contribution in [2.24, 2.45) is 0 Å². The van der Waals surface area contributed by atoms with Crippen molar-refractivity contribution in [1.29, 1.82) is 0 Å². The van der Waals surface area contributed by atoms with E-state index in [1.807, 2.05) is 68.0 Å². The van der Waals surface area contributed by atoms with Crippen LogP contribution in [-0.2, 0) is 0 Å². The van der Waals surface area contributed by atoms with Crippen molar-refractivity contribution in [2.45, 2.75) is 41.5 Å². The summed E-state index contributed by atoms with van der Waals surface area (Å²) < 4.78 is 16.9. The number of hydrogen-bond donors (Lipinski definition) is 0. The second-order valence-electron chi connectivity index (χ2n) is 29.4. The van der Waals surface area contributed by atoms with Crippen molar-refractivity contribution in [1.82, 2.24) is 0 Å². The van der Waals surface area contributed by atoms with Gasteiger partial charge in [-0.3, -0.25) is 0 Å². The second kappa shape index (κ2) is 28.9. The summed E-state index contributed by atoms with van der Waals surface area (Å²) in [6.45, 7) is 13.2. The van der Waals surface area contributed by atoms with Gasteiger partial charge in [0.25, 0.3) is 0 Å². The number of aryl methyl sites for hydroxylation is 6. The van der Waals surface area contributed by atoms with Crippen LogP contribution in [-0.4, -0.2) is 0 Å². The van der Waals surface area contributed by atoms with Crippen LogP contribution >= 0.6 is 68.0 Å². The molecule has 25 rings (SSSR count). The average Bonchev–Trinajstić information content (AvgIpc) is 1.46. The minimum absolute atomic E-state index is 1.33. The Hall–Kier alpha value is -11.7. The highest BCUT2D eigenvalue weighted by molar-refractivity contribution is 7.28. The van der Waals surface area contributed by atoms with Crippen LogP contribution in [0.4, 0.5) is 0 Å². The molecular formula is C106H74S6. The largest absolute Gasteiger partial charge is 0.135 e. The smallest absolute Gasteiger partial charge is 0.0440 e. The molecule has 25 aromatic rings. The van der Waals surface area contributed by atoms with Crippen LogP contribution < -0.4 is 0 Å². The molecular weight excluding hydrogens is 1470 g/mol. The third-order valence-corrected chi connectivity index (χ3v) is 30.5. The zero-order valence-corrected chi connectivity index (χ0v) is 67.7. The van der Waals surface area contributed by atoms with Gasteiger partial charge in [-0.25, -0.2) is 0 Å². The molecule has 0 bridgehead atoms. The molecule has 0 spiro atoms. The molecule has 0 fully saturated rings. The van der Waals surface area contributed by atoms with Crippen molar-refractivity contribution in [3.8, 4) is 0 Å². The number of rotatable bonds is 0. The molecule has 0 N–H and O–H groups in total. The molecule has 534 valence electrons. The fraction of sp³-hybridized carbons (Fsp3) is 0.0566. The van der Waals surface area contributed by atoms with Gasteiger partial charge in [0.2, 0.25) is 0 Å². The summed E-state index contributed by atoms with van der Waals surface area (Å²) in [6.07, 6.45) is 0. The lowest BCUT2D eigenvalue weighted by Crippen LogP contribution is -1.79. The molecule has 6 aromatic heterocycles. The fourth-order valence-electron chi connectivity index (χ4n) is 17.0. The minimum Gasteiger partial charge on any atom is -0.135 e. The van der Waals surface area contributed by atoms with Crippen LogP contribution in [0.2, 0.25) is 0 Å². The zero-order valence-electron chi connectivity index (χ0n) is 62.8. The normalized spacial score (nSPS) is 11.7. The first kappa shape index (κ1) is 69.5. The highest BCUT2D eigenvalue weighted by Gasteiger charge is 2.18. The van der Waals surface area contributed by atoms with Crippen LogP contribution in [0, 0.1) is 41.5 Å². The topological polar surface area (TPSA) is 0 Å². The summed E-state index contributed by atoms with van der Waals surface area (Å²) in [5, 5.41) is 35.7. The first-order chi connectivity index (χ1) is 55.0. The van der Waals surface area contributed by atoms with Crippen molar-refractivity contribution < 1.29 is 0 Å². The lowest BCUT2D eigenvalue weighted by molar-refractivity contribution is 1.56. The molecule has 0 radical (unpaired) electrons. The van der Waals surface area contributed by atoms with E-state index in [1.54, 1.807) is 0 Å². The first-order valence-corrected chi connectivity index (χ1v) is 43.2. The van der Waals surface area contributed by atoms with Gasteiger partial charge in [-0.15, -0.1) is 68.0 Å². The van der Waals surface area contributed by atoms with E-state index in [-0.39, 0.29) is 0 Å². The maximum absolute atomic E-state index is 2.33. The molecule has 0 saturated carbocycles. The molecule has 0 unspecified atom stereocenters. The van der Waals surface area contributed by atoms with Crippen molar-refractivity contribution >= 4 is 264 Å². The molecule has 0 nitrogen and oxygen atoms in total. The molecule has 112 heavy (non-hydrogen) atoms. The summed E-state index contributed by atoms with van der Waals surface area (Å²) in [5.41, 5.74) is 8.27. The number of thiophene rings is 6. The summed E-state index contributed by atoms with van der Waals surface area (Å²) >= 11 is 11.5. The van der Waals surface area contributed by atoms with Gasteiger partial charge < -0.3 is 0 Å². The fourth-order valence-corrected chi connectivity index (χ4v) is 24.4. The minimum atomic E-state index is 1.33. The Bertz CT molecular complexity index is 8000. The third-order valence-electron chi connectivity index (χ3n) is 22.5. The number of hydrogen-bond acceptors (Lipinski definition) is 6. The van der Waals surface area contributed by atoms with E-state index >= 15 is 0 Å². The van der Waals surface area contributed by atoms with Crippen molar-refractivity contribution in [3.63, 3.8) is 0 Å². The Labute approximate surface area is 673 Å². The van der Waals surface area contributed by atoms with E-state index in [4.69, 9.17) is 0 Å². The predicted molar refractivity (Wildman–Crippen MR) is 507 cm³/mol. The summed E-state index contributed by atoms with van der Waals surface area (Å²) in [5.74, 6) is 0. The van der Waals surface area contributed by atoms with Gasteiger partial charge in [-0.1, -0.05) is 297 Å². The van der Waals surface area contributed by atoms with E-state index in [9.17, 15) is 0 Å². The van der Waals surface area contributed by atoms with Crippen LogP contribution in [0.1, 0.15) is 33.4 Å². The lowest BCUT2D eigenvalue weighted by Gasteiger charge is -2.06. The van der Waals surface area contributed by atoms with Gasteiger partial charge in [0, 0.05) is 126 Å². The van der Waals surface area contributed by atoms with Crippen LogP contribution in [0.3, 0.4) is 0 Å². The predicted octanol–water partition coefficient (Wildman–Crippen LogP) is 34.2. The van der Waals surface area contributed by atoms with E-state index in [1.165, 1.54) is 230 Å². The Morgan fingerprint density at radius 1 is 0.143 bits per heavy atom. The second-order valence-corrected chi connectivity index (χ2v) is 35.7. The summed E-state index contributed by atoms with van der Waals surface area (Å²) in [4.78, 5) is 0. The molecule has 0 aliphatic heterocycles. The maximum Gasteiger partial charge on any atom is 0.0440 e. The zero-order chi connectivity index (χ0) is 75.2. The highest BCUT2D eigenvalue weighted by Crippen LogP contribution is 2.48. The molecule has 0 atom stereocenters. The van der Waals surface area contributed by atoms with Gasteiger partial charge >= 0.3 is 0 Å². The Morgan fingerprint density at radius 2 is 0.509 bits per heavy atom. The Kier molecular flexibility index (Phi) is 17.9. The SMILES string of the molecule is Cc1c2ccccc2cc2c1sc1ccccc12.Cc1cc2ccccc2c2c1sc1ccccc12.Cc1cccc2c1sc1c3ccccc3c3ccccc3c21.Cc1cccc2c1sc1c3ccccc3ccc21.Cc1cccc2c1sc1cc3ccccc3cc12.Cc1cccc2c1sc1ccc3ccccc3c12. The van der Waals surface area contributed by atoms with Crippen LogP contribution in [0.5, 0.6) is 0 Å². The maximum atomic E-state index is 2.33. The molecule has 0 saturated heterocycles.